The minimum atomic E-state index is -1.10. The molecule has 0 spiro atoms. The summed E-state index contributed by atoms with van der Waals surface area (Å²) >= 11 is 6.50. The topological polar surface area (TPSA) is 143 Å². The number of rotatable bonds is 14. The Kier molecular flexibility index (Phi) is 9.86. The molecule has 11 nitrogen and oxygen atoms in total. The number of carbonyl (C=O) groups excluding carboxylic acids is 3. The summed E-state index contributed by atoms with van der Waals surface area (Å²) in [6, 6.07) is 14.0. The van der Waals surface area contributed by atoms with Gasteiger partial charge in [-0.1, -0.05) is 43.1 Å². The van der Waals surface area contributed by atoms with Crippen molar-refractivity contribution in [2.45, 2.75) is 76.3 Å². The van der Waals surface area contributed by atoms with Gasteiger partial charge < -0.3 is 25.7 Å². The van der Waals surface area contributed by atoms with E-state index in [9.17, 15) is 14.4 Å². The zero-order valence-corrected chi connectivity index (χ0v) is 29.6. The number of aromatic nitrogens is 4. The van der Waals surface area contributed by atoms with Gasteiger partial charge in [-0.25, -0.2) is 4.98 Å². The largest absolute Gasteiger partial charge is 0.383 e. The van der Waals surface area contributed by atoms with Crippen LogP contribution in [-0.2, 0) is 26.8 Å². The third kappa shape index (κ3) is 6.96. The second-order valence-corrected chi connectivity index (χ2v) is 14.6. The van der Waals surface area contributed by atoms with E-state index >= 15 is 0 Å². The van der Waals surface area contributed by atoms with Crippen molar-refractivity contribution in [2.75, 3.05) is 20.3 Å². The monoisotopic (exact) mass is 687 g/mol. The highest BCUT2D eigenvalue weighted by molar-refractivity contribution is 6.30. The number of ether oxygens (including phenoxy) is 1. The van der Waals surface area contributed by atoms with E-state index in [1.54, 1.807) is 31.1 Å². The first-order valence-corrected chi connectivity index (χ1v) is 17.5. The van der Waals surface area contributed by atoms with E-state index in [1.807, 2.05) is 50.2 Å². The van der Waals surface area contributed by atoms with Crippen LogP contribution in [-0.4, -0.2) is 63.8 Å². The molecule has 4 aromatic rings. The second-order valence-electron chi connectivity index (χ2n) is 14.1. The number of methoxy groups -OCH3 is 1. The van der Waals surface area contributed by atoms with Crippen molar-refractivity contribution in [1.29, 1.82) is 0 Å². The summed E-state index contributed by atoms with van der Waals surface area (Å²) in [6.07, 6.45) is 6.44. The van der Waals surface area contributed by atoms with Crippen molar-refractivity contribution in [3.8, 4) is 0 Å². The van der Waals surface area contributed by atoms with Crippen molar-refractivity contribution in [1.82, 2.24) is 35.7 Å². The van der Waals surface area contributed by atoms with Crippen molar-refractivity contribution in [3.05, 3.63) is 82.4 Å². The number of aromatic amines is 1. The molecule has 4 atom stereocenters. The van der Waals surface area contributed by atoms with Crippen LogP contribution in [0.25, 0.3) is 11.0 Å². The Morgan fingerprint density at radius 3 is 2.53 bits per heavy atom. The molecule has 2 fully saturated rings. The van der Waals surface area contributed by atoms with Gasteiger partial charge >= 0.3 is 0 Å². The lowest BCUT2D eigenvalue weighted by molar-refractivity contribution is -0.135. The van der Waals surface area contributed by atoms with Crippen LogP contribution in [0.1, 0.15) is 92.3 Å². The second kappa shape index (κ2) is 14.0. The number of hydrogen-bond donors (Lipinski definition) is 4. The van der Waals surface area contributed by atoms with Crippen LogP contribution >= 0.6 is 11.6 Å². The summed E-state index contributed by atoms with van der Waals surface area (Å²) in [4.78, 5) is 49.3. The average molecular weight is 688 g/mol. The highest BCUT2D eigenvalue weighted by Crippen LogP contribution is 2.59. The number of nitrogens with zero attached hydrogens (tertiary/aromatic N) is 3. The number of benzene rings is 2. The first-order valence-electron chi connectivity index (χ1n) is 17.1. The minimum Gasteiger partial charge on any atom is -0.383 e. The molecule has 0 radical (unpaired) electrons. The Balaban J connectivity index is 1.38. The number of aryl methyl sites for hydroxylation is 1. The molecule has 2 aliphatic carbocycles. The van der Waals surface area contributed by atoms with Gasteiger partial charge in [0.1, 0.15) is 17.6 Å². The van der Waals surface area contributed by atoms with Gasteiger partial charge in [-0.05, 0) is 92.3 Å². The molecule has 4 N–H and O–H groups in total. The number of likely N-dealkylation sites (N-methyl/N-ethyl adjacent to an activating group) is 1. The van der Waals surface area contributed by atoms with Crippen LogP contribution in [0.15, 0.2) is 54.7 Å². The molecule has 49 heavy (non-hydrogen) atoms. The van der Waals surface area contributed by atoms with Crippen LogP contribution in [0.4, 0.5) is 0 Å². The highest BCUT2D eigenvalue weighted by Gasteiger charge is 2.50. The van der Waals surface area contributed by atoms with E-state index in [0.717, 1.165) is 37.7 Å². The Morgan fingerprint density at radius 2 is 1.92 bits per heavy atom. The van der Waals surface area contributed by atoms with Gasteiger partial charge in [0.2, 0.25) is 11.8 Å². The Hall–Kier alpha value is -4.22. The van der Waals surface area contributed by atoms with Crippen LogP contribution in [0.3, 0.4) is 0 Å². The van der Waals surface area contributed by atoms with Gasteiger partial charge in [0.05, 0.1) is 29.1 Å². The first kappa shape index (κ1) is 34.6. The first-order chi connectivity index (χ1) is 23.5. The number of fused-ring (bicyclic) bond motifs is 1. The normalized spacial score (nSPS) is 18.5. The Labute approximate surface area is 291 Å². The summed E-state index contributed by atoms with van der Waals surface area (Å²) in [5, 5.41) is 14.1. The summed E-state index contributed by atoms with van der Waals surface area (Å²) in [7, 11) is 3.30. The van der Waals surface area contributed by atoms with Crippen LogP contribution in [0, 0.1) is 11.3 Å². The van der Waals surface area contributed by atoms with E-state index in [2.05, 4.69) is 39.0 Å². The molecule has 12 heteroatoms. The van der Waals surface area contributed by atoms with E-state index in [1.165, 1.54) is 0 Å². The molecular formula is C37H46ClN7O4. The summed E-state index contributed by atoms with van der Waals surface area (Å²) < 4.78 is 7.15. The van der Waals surface area contributed by atoms with Gasteiger partial charge in [-0.3, -0.25) is 19.1 Å². The molecule has 2 aromatic carbocycles. The summed E-state index contributed by atoms with van der Waals surface area (Å²) in [5.74, 6) is -0.128. The zero-order chi connectivity index (χ0) is 34.9. The maximum atomic E-state index is 14.1. The van der Waals surface area contributed by atoms with Crippen LogP contribution in [0.2, 0.25) is 5.02 Å². The Bertz CT molecular complexity index is 1840. The van der Waals surface area contributed by atoms with Gasteiger partial charge in [-0.2, -0.15) is 5.10 Å². The number of amides is 3. The SMILES string of the molecule is CCNC(=O)[C@H](NC(=O)C(C)(COC)c1ccc2nc([C@@H](NC(=O)c3ccnn3C)[C@H](c3cccc(Cl)c3)C3(C)CC3)[nH]c2c1)C1CCC1. The predicted molar refractivity (Wildman–Crippen MR) is 188 cm³/mol. The molecule has 2 aromatic heterocycles. The van der Waals surface area contributed by atoms with E-state index in [0.29, 0.717) is 39.7 Å². The highest BCUT2D eigenvalue weighted by atomic mass is 35.5. The van der Waals surface area contributed by atoms with Crippen molar-refractivity contribution in [3.63, 3.8) is 0 Å². The summed E-state index contributed by atoms with van der Waals surface area (Å²) in [5.41, 5.74) is 2.39. The van der Waals surface area contributed by atoms with E-state index in [4.69, 9.17) is 21.3 Å². The lowest BCUT2D eigenvalue weighted by Crippen LogP contribution is -2.57. The summed E-state index contributed by atoms with van der Waals surface area (Å²) in [6.45, 7) is 6.54. The number of halogens is 1. The Morgan fingerprint density at radius 1 is 1.14 bits per heavy atom. The number of H-pyrrole nitrogens is 1. The molecule has 3 amide bonds. The molecule has 6 rings (SSSR count). The molecule has 0 aliphatic heterocycles. The van der Waals surface area contributed by atoms with E-state index in [-0.39, 0.29) is 41.6 Å². The van der Waals surface area contributed by atoms with Crippen molar-refractivity contribution in [2.24, 2.45) is 18.4 Å². The molecule has 0 bridgehead atoms. The number of hydrogen-bond acceptors (Lipinski definition) is 6. The average Bonchev–Trinajstić information content (AvgIpc) is 3.41. The molecular weight excluding hydrogens is 642 g/mol. The fourth-order valence-electron chi connectivity index (χ4n) is 7.17. The number of nitrogens with one attached hydrogen (secondary N) is 4. The standard InChI is InChI=1S/C37H46ClN7O4/c1-6-39-34(47)30(22-9-7-10-22)44-35(48)37(3,21-49-5)24-13-14-26-27(20-24)42-32(41-26)31(43-33(46)28-15-18-40-45(28)4)29(36(2)16-17-36)23-11-8-12-25(38)19-23/h8,11-15,18-20,22,29-31H,6-7,9-10,16-17,21H2,1-5H3,(H,39,47)(H,41,42)(H,43,46)(H,44,48)/t29-,30+,31-,37?/m0/s1. The predicted octanol–water partition coefficient (Wildman–Crippen LogP) is 5.33. The maximum absolute atomic E-state index is 14.1. The maximum Gasteiger partial charge on any atom is 0.270 e. The van der Waals surface area contributed by atoms with Gasteiger partial charge in [0.25, 0.3) is 5.91 Å². The van der Waals surface area contributed by atoms with Crippen molar-refractivity contribution >= 4 is 40.4 Å². The van der Waals surface area contributed by atoms with Gasteiger partial charge in [0.15, 0.2) is 0 Å². The lowest BCUT2D eigenvalue weighted by Gasteiger charge is -2.36. The number of carbonyl (C=O) groups is 3. The third-order valence-corrected chi connectivity index (χ3v) is 10.8. The van der Waals surface area contributed by atoms with Crippen molar-refractivity contribution < 1.29 is 19.1 Å². The lowest BCUT2D eigenvalue weighted by atomic mass is 9.77. The third-order valence-electron chi connectivity index (χ3n) is 10.6. The van der Waals surface area contributed by atoms with Gasteiger partial charge in [-0.15, -0.1) is 0 Å². The van der Waals surface area contributed by atoms with E-state index < -0.39 is 17.5 Å². The van der Waals surface area contributed by atoms with Crippen LogP contribution in [0.5, 0.6) is 0 Å². The minimum absolute atomic E-state index is 0.0879. The molecule has 260 valence electrons. The fourth-order valence-corrected chi connectivity index (χ4v) is 7.37. The smallest absolute Gasteiger partial charge is 0.270 e. The quantitative estimate of drug-likeness (QED) is 0.141. The molecule has 1 unspecified atom stereocenters. The number of imidazole rings is 1. The van der Waals surface area contributed by atoms with Crippen LogP contribution < -0.4 is 16.0 Å². The fraction of sp³-hybridized carbons (Fsp3) is 0.486. The molecule has 2 aliphatic rings. The molecule has 0 saturated heterocycles. The molecule has 2 saturated carbocycles. The zero-order valence-electron chi connectivity index (χ0n) is 28.8. The van der Waals surface area contributed by atoms with Gasteiger partial charge in [0, 0.05) is 37.8 Å². The molecule has 2 heterocycles.